The van der Waals surface area contributed by atoms with Crippen molar-refractivity contribution in [2.24, 2.45) is 0 Å². The molecule has 0 aliphatic rings. The van der Waals surface area contributed by atoms with Gasteiger partial charge in [-0.15, -0.1) is 0 Å². The molecule has 0 aliphatic carbocycles. The maximum atomic E-state index is 12.8. The molecule has 0 bridgehead atoms. The second kappa shape index (κ2) is 7.42. The lowest BCUT2D eigenvalue weighted by Crippen LogP contribution is -2.26. The second-order valence-electron chi connectivity index (χ2n) is 6.38. The van der Waals surface area contributed by atoms with Crippen LogP contribution in [0.4, 0.5) is 18.9 Å². The maximum absolute atomic E-state index is 12.8. The number of carbonyl (C=O) groups is 1. The van der Waals surface area contributed by atoms with E-state index in [0.29, 0.717) is 16.9 Å². The van der Waals surface area contributed by atoms with Gasteiger partial charge in [0.1, 0.15) is 5.75 Å². The van der Waals surface area contributed by atoms with Gasteiger partial charge in [0.15, 0.2) is 5.69 Å². The Labute approximate surface area is 164 Å². The Morgan fingerprint density at radius 1 is 1.17 bits per heavy atom. The van der Waals surface area contributed by atoms with Gasteiger partial charge in [-0.25, -0.2) is 4.68 Å². The first-order valence-electron chi connectivity index (χ1n) is 8.48. The van der Waals surface area contributed by atoms with Crippen LogP contribution in [0, 0.1) is 5.41 Å². The van der Waals surface area contributed by atoms with Gasteiger partial charge >= 0.3 is 6.18 Å². The first-order chi connectivity index (χ1) is 13.6. The molecule has 6 nitrogen and oxygen atoms in total. The molecule has 0 saturated heterocycles. The minimum absolute atomic E-state index is 0.125. The van der Waals surface area contributed by atoms with Gasteiger partial charge in [-0.2, -0.15) is 18.3 Å². The molecule has 2 aromatic carbocycles. The van der Waals surface area contributed by atoms with Crippen molar-refractivity contribution in [2.75, 3.05) is 11.9 Å². The summed E-state index contributed by atoms with van der Waals surface area (Å²) in [7, 11) is 1.51. The van der Waals surface area contributed by atoms with Gasteiger partial charge in [-0.1, -0.05) is 6.07 Å². The standard InChI is InChI=1S/C20H17F3N4O2/c1-12(24)16-7-6-14(11-17(16)28)26(2)19(29)13-4-3-5-15(10-13)27-9-8-18(25-27)20(21,22)23/h3-11,24,28H,1-2H3. The number of benzene rings is 2. The van der Waals surface area contributed by atoms with Gasteiger partial charge in [-0.05, 0) is 43.3 Å². The molecular weight excluding hydrogens is 385 g/mol. The number of alkyl halides is 3. The second-order valence-corrected chi connectivity index (χ2v) is 6.38. The van der Waals surface area contributed by atoms with Gasteiger partial charge < -0.3 is 15.4 Å². The number of aromatic nitrogens is 2. The molecule has 3 rings (SSSR count). The molecule has 9 heteroatoms. The van der Waals surface area contributed by atoms with Crippen molar-refractivity contribution in [3.63, 3.8) is 0 Å². The van der Waals surface area contributed by atoms with Gasteiger partial charge in [0.05, 0.1) is 5.69 Å². The molecule has 0 fully saturated rings. The van der Waals surface area contributed by atoms with Crippen molar-refractivity contribution in [1.29, 1.82) is 5.41 Å². The number of hydrogen-bond acceptors (Lipinski definition) is 4. The zero-order valence-corrected chi connectivity index (χ0v) is 15.5. The molecule has 2 N–H and O–H groups in total. The Kier molecular flexibility index (Phi) is 5.15. The van der Waals surface area contributed by atoms with E-state index < -0.39 is 17.8 Å². The number of phenolic OH excluding ortho intramolecular Hbond substituents is 1. The molecule has 0 saturated carbocycles. The van der Waals surface area contributed by atoms with Crippen molar-refractivity contribution < 1.29 is 23.1 Å². The monoisotopic (exact) mass is 402 g/mol. The fourth-order valence-corrected chi connectivity index (χ4v) is 2.76. The molecule has 1 aromatic heterocycles. The molecule has 0 radical (unpaired) electrons. The van der Waals surface area contributed by atoms with Crippen LogP contribution in [-0.4, -0.2) is 33.6 Å². The maximum Gasteiger partial charge on any atom is 0.435 e. The van der Waals surface area contributed by atoms with Crippen molar-refractivity contribution in [2.45, 2.75) is 13.1 Å². The quantitative estimate of drug-likeness (QED) is 0.640. The van der Waals surface area contributed by atoms with Crippen molar-refractivity contribution in [3.8, 4) is 11.4 Å². The third-order valence-corrected chi connectivity index (χ3v) is 4.31. The molecule has 0 unspecified atom stereocenters. The Hall–Kier alpha value is -3.62. The number of halogens is 3. The van der Waals surface area contributed by atoms with Crippen LogP contribution >= 0.6 is 0 Å². The Bertz CT molecular complexity index is 1090. The van der Waals surface area contributed by atoms with Crippen LogP contribution < -0.4 is 4.90 Å². The first-order valence-corrected chi connectivity index (χ1v) is 8.48. The molecule has 3 aromatic rings. The summed E-state index contributed by atoms with van der Waals surface area (Å²) in [6.45, 7) is 1.54. The lowest BCUT2D eigenvalue weighted by atomic mass is 10.1. The highest BCUT2D eigenvalue weighted by Gasteiger charge is 2.33. The van der Waals surface area contributed by atoms with E-state index in [1.807, 2.05) is 0 Å². The van der Waals surface area contributed by atoms with E-state index in [-0.39, 0.29) is 17.0 Å². The van der Waals surface area contributed by atoms with Crippen LogP contribution in [0.25, 0.3) is 5.69 Å². The minimum atomic E-state index is -4.55. The summed E-state index contributed by atoms with van der Waals surface area (Å²) < 4.78 is 39.3. The lowest BCUT2D eigenvalue weighted by molar-refractivity contribution is -0.141. The summed E-state index contributed by atoms with van der Waals surface area (Å²) in [6.07, 6.45) is -3.38. The van der Waals surface area contributed by atoms with Crippen LogP contribution in [0.3, 0.4) is 0 Å². The van der Waals surface area contributed by atoms with Gasteiger partial charge in [0.25, 0.3) is 5.91 Å². The SMILES string of the molecule is CC(=N)c1ccc(N(C)C(=O)c2cccc(-n3ccc(C(F)(F)F)n3)c2)cc1O. The molecule has 0 spiro atoms. The first kappa shape index (κ1) is 20.1. The van der Waals surface area contributed by atoms with E-state index in [0.717, 1.165) is 10.7 Å². The van der Waals surface area contributed by atoms with Gasteiger partial charge in [0.2, 0.25) is 0 Å². The largest absolute Gasteiger partial charge is 0.507 e. The summed E-state index contributed by atoms with van der Waals surface area (Å²) in [5, 5.41) is 21.1. The number of anilines is 1. The normalized spacial score (nSPS) is 11.3. The number of nitrogens with one attached hydrogen (secondary N) is 1. The zero-order valence-electron chi connectivity index (χ0n) is 15.5. The van der Waals surface area contributed by atoms with Crippen molar-refractivity contribution in [3.05, 3.63) is 71.5 Å². The van der Waals surface area contributed by atoms with E-state index in [4.69, 9.17) is 5.41 Å². The molecule has 1 heterocycles. The van der Waals surface area contributed by atoms with Crippen molar-refractivity contribution >= 4 is 17.3 Å². The predicted octanol–water partition coefficient (Wildman–Crippen LogP) is 4.26. The molecule has 29 heavy (non-hydrogen) atoms. The average Bonchev–Trinajstić information content (AvgIpc) is 3.17. The van der Waals surface area contributed by atoms with E-state index >= 15 is 0 Å². The highest BCUT2D eigenvalue weighted by Crippen LogP contribution is 2.28. The van der Waals surface area contributed by atoms with Crippen LogP contribution in [-0.2, 0) is 6.18 Å². The minimum Gasteiger partial charge on any atom is -0.507 e. The van der Waals surface area contributed by atoms with Gasteiger partial charge in [-0.3, -0.25) is 4.79 Å². The van der Waals surface area contributed by atoms with Crippen LogP contribution in [0.1, 0.15) is 28.5 Å². The number of hydrogen-bond donors (Lipinski definition) is 2. The predicted molar refractivity (Wildman–Crippen MR) is 102 cm³/mol. The van der Waals surface area contributed by atoms with E-state index in [9.17, 15) is 23.1 Å². The highest BCUT2D eigenvalue weighted by molar-refractivity contribution is 6.06. The topological polar surface area (TPSA) is 82.2 Å². The smallest absolute Gasteiger partial charge is 0.435 e. The number of nitrogens with zero attached hydrogens (tertiary/aromatic N) is 3. The summed E-state index contributed by atoms with van der Waals surface area (Å²) in [4.78, 5) is 14.1. The van der Waals surface area contributed by atoms with E-state index in [2.05, 4.69) is 5.10 Å². The number of phenols is 1. The lowest BCUT2D eigenvalue weighted by Gasteiger charge is -2.19. The number of aromatic hydroxyl groups is 1. The van der Waals surface area contributed by atoms with Crippen LogP contribution in [0.2, 0.25) is 0 Å². The average molecular weight is 402 g/mol. The van der Waals surface area contributed by atoms with Crippen molar-refractivity contribution in [1.82, 2.24) is 9.78 Å². The highest BCUT2D eigenvalue weighted by atomic mass is 19.4. The van der Waals surface area contributed by atoms with E-state index in [1.165, 1.54) is 55.4 Å². The summed E-state index contributed by atoms with van der Waals surface area (Å²) in [5.74, 6) is -0.548. The van der Waals surface area contributed by atoms with Crippen LogP contribution in [0.5, 0.6) is 5.75 Å². The Balaban J connectivity index is 1.88. The number of carbonyl (C=O) groups excluding carboxylic acids is 1. The van der Waals surface area contributed by atoms with Gasteiger partial charge in [0, 0.05) is 41.8 Å². The molecule has 150 valence electrons. The van der Waals surface area contributed by atoms with E-state index in [1.54, 1.807) is 12.1 Å². The zero-order chi connectivity index (χ0) is 21.3. The third-order valence-electron chi connectivity index (χ3n) is 4.31. The fraction of sp³-hybridized carbons (Fsp3) is 0.150. The van der Waals surface area contributed by atoms with Crippen LogP contribution in [0.15, 0.2) is 54.7 Å². The number of amides is 1. The Morgan fingerprint density at radius 3 is 2.48 bits per heavy atom. The summed E-state index contributed by atoms with van der Waals surface area (Å²) >= 11 is 0. The third kappa shape index (κ3) is 4.13. The molecular formula is C20H17F3N4O2. The summed E-state index contributed by atoms with van der Waals surface area (Å²) in [6, 6.07) is 11.4. The molecule has 0 aliphatic heterocycles. The number of rotatable bonds is 4. The Morgan fingerprint density at radius 2 is 1.90 bits per heavy atom. The fourth-order valence-electron chi connectivity index (χ4n) is 2.76. The molecule has 1 amide bonds. The summed E-state index contributed by atoms with van der Waals surface area (Å²) in [5.41, 5.74) is 0.465. The molecule has 0 atom stereocenters.